The third kappa shape index (κ3) is 3.81. The minimum Gasteiger partial charge on any atom is -0.452 e. The lowest BCUT2D eigenvalue weighted by Crippen LogP contribution is -2.34. The van der Waals surface area contributed by atoms with Gasteiger partial charge >= 0.3 is 5.97 Å². The second-order valence-electron chi connectivity index (χ2n) is 6.59. The Morgan fingerprint density at radius 3 is 2.68 bits per heavy atom. The number of para-hydroxylation sites is 1. The van der Waals surface area contributed by atoms with Crippen LogP contribution in [-0.4, -0.2) is 34.6 Å². The number of anilines is 1. The summed E-state index contributed by atoms with van der Waals surface area (Å²) in [7, 11) is 0. The van der Waals surface area contributed by atoms with Gasteiger partial charge in [0.2, 0.25) is 5.88 Å². The maximum Gasteiger partial charge on any atom is 0.343 e. The summed E-state index contributed by atoms with van der Waals surface area (Å²) >= 11 is 1.39. The van der Waals surface area contributed by atoms with E-state index in [1.54, 1.807) is 36.0 Å². The fourth-order valence-electron chi connectivity index (χ4n) is 3.20. The molecule has 1 amide bonds. The summed E-state index contributed by atoms with van der Waals surface area (Å²) < 4.78 is 13.4. The molecule has 0 unspecified atom stereocenters. The van der Waals surface area contributed by atoms with E-state index in [1.807, 2.05) is 37.3 Å². The monoisotopic (exact) mass is 434 g/mol. The lowest BCUT2D eigenvalue weighted by atomic mass is 10.1. The Balaban J connectivity index is 1.52. The molecule has 0 atom stereocenters. The first-order valence-corrected chi connectivity index (χ1v) is 10.3. The van der Waals surface area contributed by atoms with Gasteiger partial charge in [-0.1, -0.05) is 23.5 Å². The number of benzene rings is 1. The van der Waals surface area contributed by atoms with Gasteiger partial charge in [-0.15, -0.1) is 0 Å². The molecule has 0 N–H and O–H groups in total. The highest BCUT2D eigenvalue weighted by Gasteiger charge is 2.27. The third-order valence-electron chi connectivity index (χ3n) is 4.68. The molecule has 0 saturated heterocycles. The number of fused-ring (bicyclic) bond motifs is 1. The van der Waals surface area contributed by atoms with E-state index in [4.69, 9.17) is 9.15 Å². The van der Waals surface area contributed by atoms with Gasteiger partial charge in [0.15, 0.2) is 11.7 Å². The van der Waals surface area contributed by atoms with E-state index in [-0.39, 0.29) is 22.8 Å². The van der Waals surface area contributed by atoms with Crippen molar-refractivity contribution in [3.8, 4) is 12.0 Å². The number of hydrogen-bond donors (Lipinski definition) is 0. The van der Waals surface area contributed by atoms with Crippen LogP contribution in [0.25, 0.3) is 16.1 Å². The van der Waals surface area contributed by atoms with E-state index in [1.165, 1.54) is 16.2 Å². The van der Waals surface area contributed by atoms with Crippen molar-refractivity contribution in [1.29, 1.82) is 5.26 Å². The Bertz CT molecular complexity index is 1260. The fourth-order valence-corrected chi connectivity index (χ4v) is 4.25. The summed E-state index contributed by atoms with van der Waals surface area (Å²) in [5.74, 6) is -0.714. The van der Waals surface area contributed by atoms with Crippen LogP contribution in [0.4, 0.5) is 5.13 Å². The highest BCUT2D eigenvalue weighted by Crippen LogP contribution is 2.29. The number of ether oxygens (including phenoxy) is 1. The van der Waals surface area contributed by atoms with Crippen LogP contribution in [0.2, 0.25) is 0 Å². The quantitative estimate of drug-likeness (QED) is 0.424. The van der Waals surface area contributed by atoms with Crippen molar-refractivity contribution in [1.82, 2.24) is 9.55 Å². The van der Waals surface area contributed by atoms with Crippen molar-refractivity contribution in [3.63, 3.8) is 0 Å². The van der Waals surface area contributed by atoms with E-state index < -0.39 is 18.5 Å². The van der Waals surface area contributed by atoms with Gasteiger partial charge in [-0.05, 0) is 38.1 Å². The third-order valence-corrected chi connectivity index (χ3v) is 5.74. The highest BCUT2D eigenvalue weighted by atomic mass is 32.1. The summed E-state index contributed by atoms with van der Waals surface area (Å²) in [6.45, 7) is 3.30. The molecule has 0 fully saturated rings. The summed E-state index contributed by atoms with van der Waals surface area (Å²) in [5.41, 5.74) is 0.877. The molecule has 8 nitrogen and oxygen atoms in total. The molecule has 0 aliphatic heterocycles. The highest BCUT2D eigenvalue weighted by molar-refractivity contribution is 7.22. The fraction of sp³-hybridized carbons (Fsp3) is 0.182. The number of esters is 1. The van der Waals surface area contributed by atoms with Gasteiger partial charge in [-0.3, -0.25) is 14.3 Å². The van der Waals surface area contributed by atoms with Crippen molar-refractivity contribution >= 4 is 38.6 Å². The average molecular weight is 434 g/mol. The normalized spacial score (nSPS) is 10.7. The zero-order valence-corrected chi connectivity index (χ0v) is 17.7. The van der Waals surface area contributed by atoms with Crippen molar-refractivity contribution in [2.24, 2.45) is 0 Å². The number of nitrogens with zero attached hydrogens (tertiary/aromatic N) is 4. The molecule has 0 spiro atoms. The van der Waals surface area contributed by atoms with Gasteiger partial charge in [0.25, 0.3) is 5.91 Å². The van der Waals surface area contributed by atoms with Crippen LogP contribution in [0.5, 0.6) is 0 Å². The van der Waals surface area contributed by atoms with Crippen molar-refractivity contribution < 1.29 is 18.7 Å². The van der Waals surface area contributed by atoms with E-state index in [9.17, 15) is 14.9 Å². The minimum absolute atomic E-state index is 0.0158. The molecule has 156 valence electrons. The number of likely N-dealkylation sites (N-methyl/N-ethyl adjacent to an activating group) is 1. The molecule has 0 saturated carbocycles. The van der Waals surface area contributed by atoms with Crippen molar-refractivity contribution in [3.05, 3.63) is 65.7 Å². The Hall–Kier alpha value is -3.90. The first-order valence-electron chi connectivity index (χ1n) is 9.53. The number of amides is 1. The number of furan rings is 1. The molecule has 3 aromatic heterocycles. The Labute approximate surface area is 181 Å². The number of hydrogen-bond acceptors (Lipinski definition) is 7. The van der Waals surface area contributed by atoms with Crippen molar-refractivity contribution in [2.75, 3.05) is 18.1 Å². The van der Waals surface area contributed by atoms with Crippen LogP contribution < -0.4 is 4.90 Å². The van der Waals surface area contributed by atoms with Gasteiger partial charge in [0.1, 0.15) is 23.0 Å². The van der Waals surface area contributed by atoms with E-state index in [2.05, 4.69) is 4.98 Å². The minimum atomic E-state index is -0.787. The zero-order valence-electron chi connectivity index (χ0n) is 16.9. The largest absolute Gasteiger partial charge is 0.452 e. The first-order chi connectivity index (χ1) is 15.0. The molecule has 9 heteroatoms. The Kier molecular flexibility index (Phi) is 5.56. The number of aromatic nitrogens is 2. The second kappa shape index (κ2) is 8.45. The lowest BCUT2D eigenvalue weighted by molar-refractivity contribution is -0.121. The number of thiazole rings is 1. The van der Waals surface area contributed by atoms with Crippen LogP contribution in [0.1, 0.15) is 28.6 Å². The van der Waals surface area contributed by atoms with Crippen LogP contribution >= 0.6 is 11.3 Å². The molecule has 1 aromatic carbocycles. The maximum absolute atomic E-state index is 12.7. The molecule has 0 aliphatic carbocycles. The summed E-state index contributed by atoms with van der Waals surface area (Å²) in [6.07, 6.45) is 3.41. The summed E-state index contributed by atoms with van der Waals surface area (Å²) in [4.78, 5) is 31.4. The van der Waals surface area contributed by atoms with Gasteiger partial charge in [-0.2, -0.15) is 5.26 Å². The molecule has 0 bridgehead atoms. The smallest absolute Gasteiger partial charge is 0.343 e. The Morgan fingerprint density at radius 2 is 2.00 bits per heavy atom. The number of rotatable bonds is 6. The van der Waals surface area contributed by atoms with Crippen LogP contribution in [0.3, 0.4) is 0 Å². The van der Waals surface area contributed by atoms with Crippen LogP contribution in [-0.2, 0) is 9.53 Å². The van der Waals surface area contributed by atoms with E-state index in [0.29, 0.717) is 11.7 Å². The van der Waals surface area contributed by atoms with Crippen LogP contribution in [0, 0.1) is 18.3 Å². The van der Waals surface area contributed by atoms with Gasteiger partial charge in [-0.25, -0.2) is 9.78 Å². The van der Waals surface area contributed by atoms with Crippen LogP contribution in [0.15, 0.2) is 53.2 Å². The summed E-state index contributed by atoms with van der Waals surface area (Å²) in [6, 6.07) is 13.1. The number of nitriles is 1. The van der Waals surface area contributed by atoms with Crippen molar-refractivity contribution in [2.45, 2.75) is 13.8 Å². The standard InChI is InChI=1S/C22H18N4O4S/c1-3-26(22-24-16-8-4-5-9-17(16)31-22)18(27)13-29-21(28)19-14(2)30-20(15(19)12-23)25-10-6-7-11-25/h4-11H,3,13H2,1-2H3. The van der Waals surface area contributed by atoms with Gasteiger partial charge in [0.05, 0.1) is 10.2 Å². The topological polar surface area (TPSA) is 101 Å². The predicted octanol–water partition coefficient (Wildman–Crippen LogP) is 4.07. The molecule has 4 aromatic rings. The lowest BCUT2D eigenvalue weighted by Gasteiger charge is -2.17. The molecular formula is C22H18N4O4S. The predicted molar refractivity (Wildman–Crippen MR) is 115 cm³/mol. The summed E-state index contributed by atoms with van der Waals surface area (Å²) in [5, 5.41) is 10.1. The molecular weight excluding hydrogens is 416 g/mol. The average Bonchev–Trinajstić information content (AvgIpc) is 3.50. The zero-order chi connectivity index (χ0) is 22.0. The van der Waals surface area contributed by atoms with Gasteiger partial charge in [0, 0.05) is 18.9 Å². The SMILES string of the molecule is CCN(C(=O)COC(=O)c1c(C)oc(-n2cccc2)c1C#N)c1nc2ccccc2s1. The maximum atomic E-state index is 12.7. The first kappa shape index (κ1) is 20.4. The second-order valence-corrected chi connectivity index (χ2v) is 7.60. The number of aryl methyl sites for hydroxylation is 1. The number of carbonyl (C=O) groups excluding carboxylic acids is 2. The van der Waals surface area contributed by atoms with Gasteiger partial charge < -0.3 is 9.15 Å². The molecule has 0 aliphatic rings. The van der Waals surface area contributed by atoms with E-state index >= 15 is 0 Å². The Morgan fingerprint density at radius 1 is 1.26 bits per heavy atom. The number of carbonyl (C=O) groups is 2. The molecule has 31 heavy (non-hydrogen) atoms. The molecule has 4 rings (SSSR count). The molecule has 0 radical (unpaired) electrons. The molecule has 3 heterocycles. The van der Waals surface area contributed by atoms with E-state index in [0.717, 1.165) is 10.2 Å².